The van der Waals surface area contributed by atoms with E-state index in [9.17, 15) is 14.4 Å². The van der Waals surface area contributed by atoms with Crippen LogP contribution in [0.4, 0.5) is 0 Å². The molecule has 2 aliphatic rings. The van der Waals surface area contributed by atoms with Crippen molar-refractivity contribution in [2.75, 3.05) is 39.3 Å². The maximum absolute atomic E-state index is 12.9. The van der Waals surface area contributed by atoms with Crippen LogP contribution < -0.4 is 0 Å². The predicted molar refractivity (Wildman–Crippen MR) is 102 cm³/mol. The minimum Gasteiger partial charge on any atom is -0.459 e. The highest BCUT2D eigenvalue weighted by molar-refractivity contribution is 6.00. The van der Waals surface area contributed by atoms with E-state index >= 15 is 0 Å². The van der Waals surface area contributed by atoms with E-state index in [-0.39, 0.29) is 17.7 Å². The molecule has 0 radical (unpaired) electrons. The number of likely N-dealkylation sites (tertiary alicyclic amines) is 1. The van der Waals surface area contributed by atoms with Crippen LogP contribution in [0.25, 0.3) is 0 Å². The van der Waals surface area contributed by atoms with E-state index in [4.69, 9.17) is 4.42 Å². The number of benzene rings is 1. The van der Waals surface area contributed by atoms with Gasteiger partial charge >= 0.3 is 0 Å². The van der Waals surface area contributed by atoms with Crippen LogP contribution in [0.15, 0.2) is 47.1 Å². The van der Waals surface area contributed by atoms with Crippen molar-refractivity contribution in [2.45, 2.75) is 12.8 Å². The lowest BCUT2D eigenvalue weighted by atomic mass is 10.1. The highest BCUT2D eigenvalue weighted by atomic mass is 16.3. The normalized spacial score (nSPS) is 17.1. The second kappa shape index (κ2) is 7.88. The molecule has 0 spiro atoms. The highest BCUT2D eigenvalue weighted by Gasteiger charge is 2.27. The van der Waals surface area contributed by atoms with E-state index in [1.807, 2.05) is 4.90 Å². The van der Waals surface area contributed by atoms with Crippen molar-refractivity contribution < 1.29 is 18.8 Å². The molecule has 2 fully saturated rings. The average molecular weight is 381 g/mol. The number of hydrogen-bond donors (Lipinski definition) is 0. The zero-order valence-electron chi connectivity index (χ0n) is 15.7. The van der Waals surface area contributed by atoms with Gasteiger partial charge in [-0.3, -0.25) is 14.4 Å². The molecule has 0 atom stereocenters. The Kier molecular flexibility index (Phi) is 5.14. The van der Waals surface area contributed by atoms with Gasteiger partial charge in [-0.15, -0.1) is 0 Å². The Hall–Kier alpha value is -3.09. The van der Waals surface area contributed by atoms with Gasteiger partial charge in [0.25, 0.3) is 17.7 Å². The lowest BCUT2D eigenvalue weighted by molar-refractivity contribution is 0.0518. The molecule has 2 aromatic rings. The topological polar surface area (TPSA) is 74.1 Å². The fraction of sp³-hybridized carbons (Fsp3) is 0.381. The van der Waals surface area contributed by atoms with Crippen LogP contribution in [0.3, 0.4) is 0 Å². The third-order valence-electron chi connectivity index (χ3n) is 5.34. The fourth-order valence-corrected chi connectivity index (χ4v) is 3.74. The smallest absolute Gasteiger partial charge is 0.289 e. The molecule has 1 aromatic heterocycles. The Bertz CT molecular complexity index is 864. The van der Waals surface area contributed by atoms with Crippen molar-refractivity contribution in [3.63, 3.8) is 0 Å². The summed E-state index contributed by atoms with van der Waals surface area (Å²) in [6.07, 6.45) is 3.54. The number of piperazine rings is 1. The molecular weight excluding hydrogens is 358 g/mol. The first kappa shape index (κ1) is 18.3. The maximum Gasteiger partial charge on any atom is 0.289 e. The molecule has 4 rings (SSSR count). The van der Waals surface area contributed by atoms with Crippen LogP contribution in [0.5, 0.6) is 0 Å². The zero-order chi connectivity index (χ0) is 19.5. The molecule has 0 bridgehead atoms. The van der Waals surface area contributed by atoms with E-state index in [0.717, 1.165) is 25.9 Å². The van der Waals surface area contributed by atoms with Crippen molar-refractivity contribution >= 4 is 17.7 Å². The molecule has 7 nitrogen and oxygen atoms in total. The lowest BCUT2D eigenvalue weighted by Crippen LogP contribution is -2.50. The monoisotopic (exact) mass is 381 g/mol. The molecule has 0 saturated carbocycles. The van der Waals surface area contributed by atoms with E-state index < -0.39 is 0 Å². The molecule has 3 heterocycles. The number of rotatable bonds is 3. The molecule has 3 amide bonds. The van der Waals surface area contributed by atoms with Crippen LogP contribution >= 0.6 is 0 Å². The SMILES string of the molecule is O=C(c1cccc(C(=O)N2CCN(C(=O)c3ccco3)CC2)c1)N1CCCC1. The van der Waals surface area contributed by atoms with Gasteiger partial charge in [-0.2, -0.15) is 0 Å². The van der Waals surface area contributed by atoms with Crippen LogP contribution in [-0.2, 0) is 0 Å². The first-order chi connectivity index (χ1) is 13.6. The second-order valence-corrected chi connectivity index (χ2v) is 7.14. The van der Waals surface area contributed by atoms with Crippen molar-refractivity contribution in [3.05, 3.63) is 59.5 Å². The summed E-state index contributed by atoms with van der Waals surface area (Å²) in [5.41, 5.74) is 1.07. The summed E-state index contributed by atoms with van der Waals surface area (Å²) in [6.45, 7) is 3.38. The Morgan fingerprint density at radius 2 is 1.21 bits per heavy atom. The van der Waals surface area contributed by atoms with Gasteiger partial charge in [-0.1, -0.05) is 6.07 Å². The van der Waals surface area contributed by atoms with Gasteiger partial charge in [-0.25, -0.2) is 0 Å². The maximum atomic E-state index is 12.9. The number of nitrogens with zero attached hydrogens (tertiary/aromatic N) is 3. The fourth-order valence-electron chi connectivity index (χ4n) is 3.74. The van der Waals surface area contributed by atoms with Crippen LogP contribution in [0.1, 0.15) is 44.1 Å². The van der Waals surface area contributed by atoms with Crippen molar-refractivity contribution in [1.29, 1.82) is 0 Å². The summed E-state index contributed by atoms with van der Waals surface area (Å²) in [7, 11) is 0. The van der Waals surface area contributed by atoms with Gasteiger partial charge in [0.1, 0.15) is 0 Å². The quantitative estimate of drug-likeness (QED) is 0.816. The number of carbonyl (C=O) groups is 3. The Balaban J connectivity index is 1.39. The van der Waals surface area contributed by atoms with Gasteiger partial charge in [0.15, 0.2) is 5.76 Å². The molecule has 0 aliphatic carbocycles. The predicted octanol–water partition coefficient (Wildman–Crippen LogP) is 2.11. The molecule has 7 heteroatoms. The minimum atomic E-state index is -0.157. The van der Waals surface area contributed by atoms with E-state index in [2.05, 4.69) is 0 Å². The first-order valence-corrected chi connectivity index (χ1v) is 9.65. The van der Waals surface area contributed by atoms with Gasteiger partial charge in [-0.05, 0) is 43.2 Å². The van der Waals surface area contributed by atoms with Gasteiger partial charge in [0.05, 0.1) is 6.26 Å². The Morgan fingerprint density at radius 3 is 1.75 bits per heavy atom. The molecule has 0 N–H and O–H groups in total. The van der Waals surface area contributed by atoms with E-state index in [1.54, 1.807) is 46.2 Å². The second-order valence-electron chi connectivity index (χ2n) is 7.14. The zero-order valence-corrected chi connectivity index (χ0v) is 15.7. The van der Waals surface area contributed by atoms with Gasteiger partial charge in [0.2, 0.25) is 0 Å². The first-order valence-electron chi connectivity index (χ1n) is 9.65. The van der Waals surface area contributed by atoms with Crippen LogP contribution in [0.2, 0.25) is 0 Å². The highest BCUT2D eigenvalue weighted by Crippen LogP contribution is 2.16. The van der Waals surface area contributed by atoms with Crippen molar-refractivity contribution in [1.82, 2.24) is 14.7 Å². The number of hydrogen-bond acceptors (Lipinski definition) is 4. The van der Waals surface area contributed by atoms with E-state index in [1.165, 1.54) is 6.26 Å². The Morgan fingerprint density at radius 1 is 0.679 bits per heavy atom. The molecule has 146 valence electrons. The van der Waals surface area contributed by atoms with Crippen LogP contribution in [-0.4, -0.2) is 71.7 Å². The third-order valence-corrected chi connectivity index (χ3v) is 5.34. The number of amides is 3. The van der Waals surface area contributed by atoms with Crippen LogP contribution in [0, 0.1) is 0 Å². The summed E-state index contributed by atoms with van der Waals surface area (Å²) in [5, 5.41) is 0. The Labute approximate surface area is 163 Å². The van der Waals surface area contributed by atoms with Crippen molar-refractivity contribution in [2.24, 2.45) is 0 Å². The summed E-state index contributed by atoms with van der Waals surface area (Å²) in [6, 6.07) is 10.3. The van der Waals surface area contributed by atoms with E-state index in [0.29, 0.717) is 43.1 Å². The van der Waals surface area contributed by atoms with Crippen molar-refractivity contribution in [3.8, 4) is 0 Å². The number of carbonyl (C=O) groups excluding carboxylic acids is 3. The summed E-state index contributed by atoms with van der Waals surface area (Å²) in [5.74, 6) is 0.0328. The molecule has 2 aliphatic heterocycles. The average Bonchev–Trinajstić information content (AvgIpc) is 3.47. The largest absolute Gasteiger partial charge is 0.459 e. The lowest BCUT2D eigenvalue weighted by Gasteiger charge is -2.34. The molecule has 28 heavy (non-hydrogen) atoms. The summed E-state index contributed by atoms with van der Waals surface area (Å²) >= 11 is 0. The summed E-state index contributed by atoms with van der Waals surface area (Å²) < 4.78 is 5.16. The van der Waals surface area contributed by atoms with Gasteiger partial charge < -0.3 is 19.1 Å². The minimum absolute atomic E-state index is 0.0130. The molecular formula is C21H23N3O4. The number of furan rings is 1. The standard InChI is InChI=1S/C21H23N3O4/c25-19(22-8-1-2-9-22)16-5-3-6-17(15-16)20(26)23-10-12-24(13-11-23)21(27)18-7-4-14-28-18/h3-7,14-15H,1-2,8-13H2. The molecule has 1 aromatic carbocycles. The van der Waals surface area contributed by atoms with Gasteiger partial charge in [0, 0.05) is 50.4 Å². The molecule has 2 saturated heterocycles. The molecule has 0 unspecified atom stereocenters. The third kappa shape index (κ3) is 3.65. The summed E-state index contributed by atoms with van der Waals surface area (Å²) in [4.78, 5) is 43.0.